The van der Waals surface area contributed by atoms with E-state index in [0.29, 0.717) is 11.1 Å². The summed E-state index contributed by atoms with van der Waals surface area (Å²) in [6.45, 7) is 0. The molecule has 0 heterocycles. The van der Waals surface area contributed by atoms with Crippen molar-refractivity contribution in [1.29, 1.82) is 0 Å². The zero-order valence-corrected chi connectivity index (χ0v) is 16.4. The molecule has 3 rings (SSSR count). The number of rotatable bonds is 6. The number of hydrogen-bond donors (Lipinski definition) is 3. The topological polar surface area (TPSA) is 107 Å². The SMILES string of the molecule is O=C(O)c1ccc(N(O)c2ccccc2NS(=O)(=O)c2ccccc2C(F)(F)F)cc1. The Kier molecular flexibility index (Phi) is 5.91. The molecule has 3 N–H and O–H groups in total. The van der Waals surface area contributed by atoms with E-state index in [1.165, 1.54) is 48.5 Å². The lowest BCUT2D eigenvalue weighted by Gasteiger charge is -2.21. The highest BCUT2D eigenvalue weighted by atomic mass is 32.2. The number of nitrogens with zero attached hydrogens (tertiary/aromatic N) is 1. The third-order valence-corrected chi connectivity index (χ3v) is 5.64. The number of anilines is 3. The van der Waals surface area contributed by atoms with Gasteiger partial charge in [-0.05, 0) is 48.5 Å². The molecule has 0 bridgehead atoms. The van der Waals surface area contributed by atoms with E-state index in [0.717, 1.165) is 18.2 Å². The van der Waals surface area contributed by atoms with Gasteiger partial charge in [0, 0.05) is 0 Å². The summed E-state index contributed by atoms with van der Waals surface area (Å²) in [4.78, 5) is 10.00. The van der Waals surface area contributed by atoms with Crippen LogP contribution in [0.25, 0.3) is 0 Å². The summed E-state index contributed by atoms with van der Waals surface area (Å²) in [5, 5.41) is 20.1. The van der Waals surface area contributed by atoms with Crippen LogP contribution < -0.4 is 9.79 Å². The van der Waals surface area contributed by atoms with Crippen molar-refractivity contribution in [3.8, 4) is 0 Å². The summed E-state index contributed by atoms with van der Waals surface area (Å²) in [5.74, 6) is -1.17. The molecule has 0 fully saturated rings. The summed E-state index contributed by atoms with van der Waals surface area (Å²) in [6, 6.07) is 14.3. The van der Waals surface area contributed by atoms with Crippen LogP contribution in [0.3, 0.4) is 0 Å². The highest BCUT2D eigenvalue weighted by Crippen LogP contribution is 2.36. The molecule has 7 nitrogen and oxygen atoms in total. The van der Waals surface area contributed by atoms with Crippen molar-refractivity contribution in [1.82, 2.24) is 0 Å². The van der Waals surface area contributed by atoms with Gasteiger partial charge in [0.25, 0.3) is 10.0 Å². The zero-order chi connectivity index (χ0) is 22.8. The Hall–Kier alpha value is -3.57. The second kappa shape index (κ2) is 8.28. The van der Waals surface area contributed by atoms with E-state index in [9.17, 15) is 31.6 Å². The van der Waals surface area contributed by atoms with E-state index in [1.54, 1.807) is 0 Å². The first-order valence-corrected chi connectivity index (χ1v) is 10.1. The molecule has 0 amide bonds. The Bertz CT molecular complexity index is 1210. The van der Waals surface area contributed by atoms with Gasteiger partial charge >= 0.3 is 12.1 Å². The molecule has 3 aromatic carbocycles. The van der Waals surface area contributed by atoms with Crippen molar-refractivity contribution in [2.45, 2.75) is 11.1 Å². The second-order valence-corrected chi connectivity index (χ2v) is 7.93. The molecule has 0 aliphatic rings. The Morgan fingerprint density at radius 3 is 2.10 bits per heavy atom. The van der Waals surface area contributed by atoms with Crippen LogP contribution in [0.5, 0.6) is 0 Å². The van der Waals surface area contributed by atoms with Crippen LogP contribution in [-0.4, -0.2) is 24.7 Å². The molecule has 162 valence electrons. The molecule has 0 aliphatic heterocycles. The lowest BCUT2D eigenvalue weighted by Crippen LogP contribution is -2.20. The van der Waals surface area contributed by atoms with E-state index in [4.69, 9.17) is 5.11 Å². The van der Waals surface area contributed by atoms with Crippen LogP contribution in [0.2, 0.25) is 0 Å². The predicted molar refractivity (Wildman–Crippen MR) is 106 cm³/mol. The number of nitrogens with one attached hydrogen (secondary N) is 1. The van der Waals surface area contributed by atoms with Crippen molar-refractivity contribution >= 4 is 33.1 Å². The van der Waals surface area contributed by atoms with Gasteiger partial charge in [-0.1, -0.05) is 24.3 Å². The standard InChI is InChI=1S/C20H15F3N2O5S/c21-20(22,23)15-5-1-4-8-18(15)31(29,30)24-16-6-2-3-7-17(16)25(28)14-11-9-13(10-12-14)19(26)27/h1-12,24,28H,(H,26,27). The Balaban J connectivity index is 1.99. The van der Waals surface area contributed by atoms with Gasteiger partial charge in [-0.25, -0.2) is 18.3 Å². The van der Waals surface area contributed by atoms with Gasteiger partial charge in [-0.15, -0.1) is 0 Å². The Morgan fingerprint density at radius 1 is 0.903 bits per heavy atom. The number of benzene rings is 3. The van der Waals surface area contributed by atoms with Crippen molar-refractivity contribution in [3.05, 3.63) is 83.9 Å². The zero-order valence-electron chi connectivity index (χ0n) is 15.5. The fourth-order valence-corrected chi connectivity index (χ4v) is 4.07. The summed E-state index contributed by atoms with van der Waals surface area (Å²) in [7, 11) is -4.67. The smallest absolute Gasteiger partial charge is 0.417 e. The third kappa shape index (κ3) is 4.78. The van der Waals surface area contributed by atoms with Crippen LogP contribution in [0.15, 0.2) is 77.7 Å². The maximum atomic E-state index is 13.3. The lowest BCUT2D eigenvalue weighted by molar-refractivity contribution is -0.139. The van der Waals surface area contributed by atoms with Crippen molar-refractivity contribution < 1.29 is 36.7 Å². The molecule has 0 spiro atoms. The fraction of sp³-hybridized carbons (Fsp3) is 0.0500. The summed E-state index contributed by atoms with van der Waals surface area (Å²) < 4.78 is 67.3. The van der Waals surface area contributed by atoms with E-state index in [-0.39, 0.29) is 22.6 Å². The Labute approximate surface area is 175 Å². The molecule has 0 aliphatic carbocycles. The molecular weight excluding hydrogens is 437 g/mol. The minimum atomic E-state index is -4.89. The maximum absolute atomic E-state index is 13.3. The lowest BCUT2D eigenvalue weighted by atomic mass is 10.2. The van der Waals surface area contributed by atoms with Gasteiger partial charge in [0.1, 0.15) is 0 Å². The Morgan fingerprint density at radius 2 is 1.48 bits per heavy atom. The molecule has 11 heteroatoms. The first-order chi connectivity index (χ1) is 14.5. The molecule has 3 aromatic rings. The van der Waals surface area contributed by atoms with Crippen molar-refractivity contribution in [3.63, 3.8) is 0 Å². The average Bonchev–Trinajstić information content (AvgIpc) is 2.73. The number of carbonyl (C=O) groups is 1. The van der Waals surface area contributed by atoms with Crippen LogP contribution in [0.1, 0.15) is 15.9 Å². The number of carboxylic acids is 1. The number of para-hydroxylation sites is 2. The molecule has 31 heavy (non-hydrogen) atoms. The normalized spacial score (nSPS) is 11.7. The largest absolute Gasteiger partial charge is 0.478 e. The summed E-state index contributed by atoms with van der Waals surface area (Å²) in [5.41, 5.74) is -1.53. The number of alkyl halides is 3. The third-order valence-electron chi connectivity index (χ3n) is 4.22. The minimum Gasteiger partial charge on any atom is -0.478 e. The first kappa shape index (κ1) is 22.1. The highest BCUT2D eigenvalue weighted by molar-refractivity contribution is 7.92. The number of carboxylic acid groups (broad SMARTS) is 1. The van der Waals surface area contributed by atoms with Gasteiger partial charge in [0.05, 0.1) is 33.1 Å². The van der Waals surface area contributed by atoms with Crippen molar-refractivity contribution in [2.24, 2.45) is 0 Å². The molecule has 0 unspecified atom stereocenters. The van der Waals surface area contributed by atoms with Crippen LogP contribution in [0.4, 0.5) is 30.2 Å². The average molecular weight is 452 g/mol. The summed E-state index contributed by atoms with van der Waals surface area (Å²) in [6.07, 6.45) is -4.89. The van der Waals surface area contributed by atoms with Crippen LogP contribution in [-0.2, 0) is 16.2 Å². The molecule has 0 saturated carbocycles. The van der Waals surface area contributed by atoms with E-state index in [1.807, 2.05) is 0 Å². The molecule has 0 radical (unpaired) electrons. The highest BCUT2D eigenvalue weighted by Gasteiger charge is 2.37. The van der Waals surface area contributed by atoms with Crippen LogP contribution >= 0.6 is 0 Å². The number of aromatic carboxylic acids is 1. The quantitative estimate of drug-likeness (QED) is 0.467. The first-order valence-electron chi connectivity index (χ1n) is 8.61. The summed E-state index contributed by atoms with van der Waals surface area (Å²) >= 11 is 0. The number of sulfonamides is 1. The second-order valence-electron chi connectivity index (χ2n) is 6.28. The number of halogens is 3. The molecule has 0 aromatic heterocycles. The molecule has 0 atom stereocenters. The van der Waals surface area contributed by atoms with E-state index in [2.05, 4.69) is 4.72 Å². The van der Waals surface area contributed by atoms with Gasteiger partial charge in [0.15, 0.2) is 0 Å². The monoisotopic (exact) mass is 452 g/mol. The van der Waals surface area contributed by atoms with Crippen LogP contribution in [0, 0.1) is 0 Å². The van der Waals surface area contributed by atoms with Gasteiger partial charge in [-0.2, -0.15) is 13.2 Å². The van der Waals surface area contributed by atoms with E-state index >= 15 is 0 Å². The van der Waals surface area contributed by atoms with Gasteiger partial charge in [0.2, 0.25) is 0 Å². The minimum absolute atomic E-state index is 0.0325. The molecule has 0 saturated heterocycles. The van der Waals surface area contributed by atoms with Gasteiger partial charge < -0.3 is 5.11 Å². The van der Waals surface area contributed by atoms with Crippen molar-refractivity contribution in [2.75, 3.05) is 9.79 Å². The maximum Gasteiger partial charge on any atom is 0.417 e. The van der Waals surface area contributed by atoms with Gasteiger partial charge in [-0.3, -0.25) is 9.93 Å². The fourth-order valence-electron chi connectivity index (χ4n) is 2.76. The number of hydrogen-bond acceptors (Lipinski definition) is 5. The molecular formula is C20H15F3N2O5S. The predicted octanol–water partition coefficient (Wildman–Crippen LogP) is 4.73. The van der Waals surface area contributed by atoms with E-state index < -0.39 is 32.6 Å².